The molecule has 1 aliphatic carbocycles. The SMILES string of the molecule is CSC1(CNC(=O)N[C@@H](CCC(N)=O)C(=O)O)CC1. The number of aliphatic carboxylic acids is 1. The second kappa shape index (κ2) is 6.65. The van der Waals surface area contributed by atoms with Crippen LogP contribution in [0.15, 0.2) is 0 Å². The Morgan fingerprint density at radius 3 is 2.47 bits per heavy atom. The van der Waals surface area contributed by atoms with Gasteiger partial charge in [-0.2, -0.15) is 11.8 Å². The Bertz CT molecular complexity index is 371. The van der Waals surface area contributed by atoms with Gasteiger partial charge in [0.25, 0.3) is 0 Å². The largest absolute Gasteiger partial charge is 0.480 e. The van der Waals surface area contributed by atoms with Crippen LogP contribution in [0.3, 0.4) is 0 Å². The molecule has 19 heavy (non-hydrogen) atoms. The van der Waals surface area contributed by atoms with Crippen molar-refractivity contribution in [1.82, 2.24) is 10.6 Å². The van der Waals surface area contributed by atoms with Crippen LogP contribution in [0.1, 0.15) is 25.7 Å². The first-order valence-electron chi connectivity index (χ1n) is 5.99. The predicted octanol–water partition coefficient (Wildman–Crippen LogP) is -0.100. The van der Waals surface area contributed by atoms with Gasteiger partial charge in [-0.15, -0.1) is 0 Å². The lowest BCUT2D eigenvalue weighted by molar-refractivity contribution is -0.139. The molecule has 3 amide bonds. The molecule has 0 bridgehead atoms. The lowest BCUT2D eigenvalue weighted by atomic mass is 10.1. The number of thioether (sulfide) groups is 1. The Morgan fingerprint density at radius 1 is 1.42 bits per heavy atom. The number of nitrogens with one attached hydrogen (secondary N) is 2. The summed E-state index contributed by atoms with van der Waals surface area (Å²) in [6.45, 7) is 0.516. The van der Waals surface area contributed by atoms with E-state index in [9.17, 15) is 14.4 Å². The third-order valence-corrected chi connectivity index (χ3v) is 4.51. The molecule has 1 fully saturated rings. The van der Waals surface area contributed by atoms with E-state index in [4.69, 9.17) is 10.8 Å². The molecular formula is C11H19N3O4S. The predicted molar refractivity (Wildman–Crippen MR) is 71.9 cm³/mol. The van der Waals surface area contributed by atoms with Crippen molar-refractivity contribution in [3.05, 3.63) is 0 Å². The van der Waals surface area contributed by atoms with E-state index in [2.05, 4.69) is 10.6 Å². The molecule has 1 atom stereocenters. The molecule has 0 heterocycles. The summed E-state index contributed by atoms with van der Waals surface area (Å²) < 4.78 is 0.114. The van der Waals surface area contributed by atoms with Gasteiger partial charge in [-0.05, 0) is 25.5 Å². The van der Waals surface area contributed by atoms with Crippen molar-refractivity contribution < 1.29 is 19.5 Å². The van der Waals surface area contributed by atoms with E-state index >= 15 is 0 Å². The number of rotatable bonds is 8. The Balaban J connectivity index is 2.34. The highest BCUT2D eigenvalue weighted by Crippen LogP contribution is 2.46. The van der Waals surface area contributed by atoms with E-state index < -0.39 is 23.9 Å². The monoisotopic (exact) mass is 289 g/mol. The van der Waals surface area contributed by atoms with E-state index in [0.29, 0.717) is 6.54 Å². The molecule has 7 nitrogen and oxygen atoms in total. The van der Waals surface area contributed by atoms with Crippen LogP contribution in [-0.4, -0.2) is 46.6 Å². The number of carboxylic acid groups (broad SMARTS) is 1. The van der Waals surface area contributed by atoms with E-state index in [1.807, 2.05) is 6.26 Å². The normalized spacial score (nSPS) is 17.3. The highest BCUT2D eigenvalue weighted by molar-refractivity contribution is 8.00. The number of nitrogens with two attached hydrogens (primary N) is 1. The van der Waals surface area contributed by atoms with Crippen LogP contribution in [0.5, 0.6) is 0 Å². The number of primary amides is 1. The first-order valence-corrected chi connectivity index (χ1v) is 7.22. The van der Waals surface area contributed by atoms with Crippen LogP contribution >= 0.6 is 11.8 Å². The van der Waals surface area contributed by atoms with Gasteiger partial charge in [-0.25, -0.2) is 9.59 Å². The average molecular weight is 289 g/mol. The molecule has 0 aliphatic heterocycles. The number of amides is 3. The van der Waals surface area contributed by atoms with Crippen molar-refractivity contribution in [3.63, 3.8) is 0 Å². The zero-order valence-electron chi connectivity index (χ0n) is 10.8. The molecular weight excluding hydrogens is 270 g/mol. The number of carbonyl (C=O) groups is 3. The Labute approximate surface area is 115 Å². The summed E-state index contributed by atoms with van der Waals surface area (Å²) in [5.74, 6) is -1.77. The summed E-state index contributed by atoms with van der Waals surface area (Å²) in [5, 5.41) is 13.9. The second-order valence-corrected chi connectivity index (χ2v) is 5.88. The van der Waals surface area contributed by atoms with Crippen molar-refractivity contribution in [2.24, 2.45) is 5.73 Å². The maximum absolute atomic E-state index is 11.6. The third kappa shape index (κ3) is 5.37. The van der Waals surface area contributed by atoms with Crippen LogP contribution in [-0.2, 0) is 9.59 Å². The molecule has 5 N–H and O–H groups in total. The summed E-state index contributed by atoms with van der Waals surface area (Å²) in [6, 6.07) is -1.63. The Hall–Kier alpha value is -1.44. The summed E-state index contributed by atoms with van der Waals surface area (Å²) >= 11 is 1.70. The van der Waals surface area contributed by atoms with E-state index in [0.717, 1.165) is 12.8 Å². The number of urea groups is 1. The molecule has 108 valence electrons. The summed E-state index contributed by atoms with van der Waals surface area (Å²) in [5.41, 5.74) is 4.95. The van der Waals surface area contributed by atoms with Crippen LogP contribution in [0.25, 0.3) is 0 Å². The molecule has 8 heteroatoms. The van der Waals surface area contributed by atoms with Crippen molar-refractivity contribution in [1.29, 1.82) is 0 Å². The van der Waals surface area contributed by atoms with Gasteiger partial charge in [-0.1, -0.05) is 0 Å². The van der Waals surface area contributed by atoms with Gasteiger partial charge in [0.05, 0.1) is 0 Å². The standard InChI is InChI=1S/C11H19N3O4S/c1-19-11(4-5-11)6-13-10(18)14-7(9(16)17)2-3-8(12)15/h7H,2-6H2,1H3,(H2,12,15)(H,16,17)(H2,13,14,18)/t7-/m0/s1. The Morgan fingerprint density at radius 2 is 2.05 bits per heavy atom. The van der Waals surface area contributed by atoms with Gasteiger partial charge >= 0.3 is 12.0 Å². The van der Waals surface area contributed by atoms with Crippen LogP contribution in [0.4, 0.5) is 4.79 Å². The molecule has 0 radical (unpaired) electrons. The number of carboxylic acids is 1. The summed E-state index contributed by atoms with van der Waals surface area (Å²) in [6.07, 6.45) is 4.01. The molecule has 1 saturated carbocycles. The quantitative estimate of drug-likeness (QED) is 0.497. The maximum atomic E-state index is 11.6. The van der Waals surface area contributed by atoms with Gasteiger partial charge < -0.3 is 21.5 Å². The van der Waals surface area contributed by atoms with E-state index in [1.54, 1.807) is 11.8 Å². The van der Waals surface area contributed by atoms with Crippen molar-refractivity contribution >= 4 is 29.7 Å². The number of hydrogen-bond donors (Lipinski definition) is 4. The Kier molecular flexibility index (Phi) is 5.46. The fourth-order valence-electron chi connectivity index (χ4n) is 1.59. The molecule has 0 aromatic heterocycles. The fourth-order valence-corrected chi connectivity index (χ4v) is 2.31. The first kappa shape index (κ1) is 15.6. The van der Waals surface area contributed by atoms with Crippen molar-refractivity contribution in [2.45, 2.75) is 36.5 Å². The summed E-state index contributed by atoms with van der Waals surface area (Å²) in [7, 11) is 0. The zero-order chi connectivity index (χ0) is 14.5. The topological polar surface area (TPSA) is 122 Å². The molecule has 0 unspecified atom stereocenters. The number of carbonyl (C=O) groups excluding carboxylic acids is 2. The molecule has 0 aromatic carbocycles. The average Bonchev–Trinajstić information content (AvgIpc) is 3.12. The molecule has 0 aromatic rings. The van der Waals surface area contributed by atoms with Gasteiger partial charge in [0.1, 0.15) is 6.04 Å². The minimum Gasteiger partial charge on any atom is -0.480 e. The van der Waals surface area contributed by atoms with Gasteiger partial charge in [0.2, 0.25) is 5.91 Å². The molecule has 0 saturated heterocycles. The van der Waals surface area contributed by atoms with Gasteiger partial charge in [0, 0.05) is 17.7 Å². The second-order valence-electron chi connectivity index (χ2n) is 4.61. The number of hydrogen-bond acceptors (Lipinski definition) is 4. The van der Waals surface area contributed by atoms with Crippen LogP contribution in [0, 0.1) is 0 Å². The summed E-state index contributed by atoms with van der Waals surface area (Å²) in [4.78, 5) is 33.1. The minimum atomic E-state index is -1.18. The van der Waals surface area contributed by atoms with Crippen molar-refractivity contribution in [3.8, 4) is 0 Å². The zero-order valence-corrected chi connectivity index (χ0v) is 11.6. The smallest absolute Gasteiger partial charge is 0.326 e. The van der Waals surface area contributed by atoms with E-state index in [1.165, 1.54) is 0 Å². The first-order chi connectivity index (χ1) is 8.88. The highest BCUT2D eigenvalue weighted by Gasteiger charge is 2.42. The van der Waals surface area contributed by atoms with Gasteiger partial charge in [-0.3, -0.25) is 4.79 Å². The minimum absolute atomic E-state index is 0.00818. The van der Waals surface area contributed by atoms with Gasteiger partial charge in [0.15, 0.2) is 0 Å². The fraction of sp³-hybridized carbons (Fsp3) is 0.727. The third-order valence-electron chi connectivity index (χ3n) is 3.09. The highest BCUT2D eigenvalue weighted by atomic mass is 32.2. The lowest BCUT2D eigenvalue weighted by Gasteiger charge is -2.17. The molecule has 1 rings (SSSR count). The van der Waals surface area contributed by atoms with E-state index in [-0.39, 0.29) is 17.6 Å². The molecule has 1 aliphatic rings. The lowest BCUT2D eigenvalue weighted by Crippen LogP contribution is -2.47. The van der Waals surface area contributed by atoms with Crippen molar-refractivity contribution in [2.75, 3.05) is 12.8 Å². The van der Waals surface area contributed by atoms with Crippen LogP contribution in [0.2, 0.25) is 0 Å². The maximum Gasteiger partial charge on any atom is 0.326 e. The molecule has 0 spiro atoms. The van der Waals surface area contributed by atoms with Crippen LogP contribution < -0.4 is 16.4 Å².